The molecule has 1 aromatic rings. The minimum absolute atomic E-state index is 0.133. The quantitative estimate of drug-likeness (QED) is 0.849. The zero-order chi connectivity index (χ0) is 13.5. The van der Waals surface area contributed by atoms with E-state index in [1.165, 1.54) is 19.3 Å². The monoisotopic (exact) mass is 259 g/mol. The molecule has 3 nitrogen and oxygen atoms in total. The van der Waals surface area contributed by atoms with E-state index in [-0.39, 0.29) is 6.61 Å². The van der Waals surface area contributed by atoms with Gasteiger partial charge in [0.15, 0.2) is 0 Å². The van der Waals surface area contributed by atoms with Crippen LogP contribution < -0.4 is 4.74 Å². The summed E-state index contributed by atoms with van der Waals surface area (Å²) < 4.78 is 5.98. The lowest BCUT2D eigenvalue weighted by molar-refractivity contribution is 0.129. The zero-order valence-corrected chi connectivity index (χ0v) is 11.4. The van der Waals surface area contributed by atoms with E-state index in [1.54, 1.807) is 12.4 Å². The lowest BCUT2D eigenvalue weighted by Crippen LogP contribution is -2.23. The van der Waals surface area contributed by atoms with Gasteiger partial charge in [0.1, 0.15) is 12.4 Å². The fraction of sp³-hybridized carbons (Fsp3) is 0.562. The molecule has 0 amide bonds. The molecule has 0 aromatic carbocycles. The van der Waals surface area contributed by atoms with Crippen LogP contribution in [0.4, 0.5) is 0 Å². The van der Waals surface area contributed by atoms with Gasteiger partial charge in [0, 0.05) is 11.8 Å². The van der Waals surface area contributed by atoms with Crippen LogP contribution in [0, 0.1) is 17.8 Å². The third-order valence-corrected chi connectivity index (χ3v) is 3.70. The third-order valence-electron chi connectivity index (χ3n) is 3.70. The molecule has 3 heteroatoms. The smallest absolute Gasteiger partial charge is 0.139 e. The van der Waals surface area contributed by atoms with Gasteiger partial charge in [-0.1, -0.05) is 25.2 Å². The van der Waals surface area contributed by atoms with Crippen LogP contribution in [0.2, 0.25) is 0 Å². The lowest BCUT2D eigenvalue weighted by atomic mass is 9.86. The lowest BCUT2D eigenvalue weighted by Gasteiger charge is -2.28. The van der Waals surface area contributed by atoms with Crippen LogP contribution in [0.5, 0.6) is 5.75 Å². The summed E-state index contributed by atoms with van der Waals surface area (Å²) in [5.41, 5.74) is 0.786. The van der Waals surface area contributed by atoms with Crippen molar-refractivity contribution < 1.29 is 9.84 Å². The first-order valence-corrected chi connectivity index (χ1v) is 7.03. The standard InChI is InChI=1S/C16H21NO2/c1-2-13-5-7-15(8-6-13)19-16-10-14(4-3-9-18)11-17-12-16/h10-13,15,18H,2,5-9H2,1H3. The second-order valence-corrected chi connectivity index (χ2v) is 5.04. The summed E-state index contributed by atoms with van der Waals surface area (Å²) in [5, 5.41) is 8.68. The molecule has 0 bridgehead atoms. The van der Waals surface area contributed by atoms with Crippen LogP contribution in [-0.4, -0.2) is 22.8 Å². The number of hydrogen-bond donors (Lipinski definition) is 1. The van der Waals surface area contributed by atoms with Crippen LogP contribution in [0.15, 0.2) is 18.5 Å². The molecule has 1 fully saturated rings. The molecule has 0 unspecified atom stereocenters. The predicted octanol–water partition coefficient (Wildman–Crippen LogP) is 2.77. The first-order chi connectivity index (χ1) is 9.31. The van der Waals surface area contributed by atoms with Crippen LogP contribution in [0.1, 0.15) is 44.6 Å². The maximum absolute atomic E-state index is 8.68. The molecule has 1 aliphatic carbocycles. The molecule has 102 valence electrons. The molecule has 0 atom stereocenters. The van der Waals surface area contributed by atoms with Crippen LogP contribution >= 0.6 is 0 Å². The fourth-order valence-corrected chi connectivity index (χ4v) is 2.54. The molecule has 0 spiro atoms. The highest BCUT2D eigenvalue weighted by molar-refractivity contribution is 5.36. The number of ether oxygens (including phenoxy) is 1. The second kappa shape index (κ2) is 7.16. The van der Waals surface area contributed by atoms with Crippen molar-refractivity contribution >= 4 is 0 Å². The molecule has 19 heavy (non-hydrogen) atoms. The van der Waals surface area contributed by atoms with E-state index in [2.05, 4.69) is 23.7 Å². The van der Waals surface area contributed by atoms with Crippen LogP contribution in [-0.2, 0) is 0 Å². The van der Waals surface area contributed by atoms with Gasteiger partial charge >= 0.3 is 0 Å². The van der Waals surface area contributed by atoms with E-state index >= 15 is 0 Å². The molecule has 2 rings (SSSR count). The highest BCUT2D eigenvalue weighted by Crippen LogP contribution is 2.29. The summed E-state index contributed by atoms with van der Waals surface area (Å²) in [5.74, 6) is 7.12. The normalized spacial score (nSPS) is 22.4. The van der Waals surface area contributed by atoms with Gasteiger partial charge in [-0.25, -0.2) is 0 Å². The van der Waals surface area contributed by atoms with E-state index < -0.39 is 0 Å². The van der Waals surface area contributed by atoms with Crippen molar-refractivity contribution in [3.63, 3.8) is 0 Å². The SMILES string of the molecule is CCC1CCC(Oc2cncc(C#CCO)c2)CC1. The number of hydrogen-bond acceptors (Lipinski definition) is 3. The Hall–Kier alpha value is -1.53. The first kappa shape index (κ1) is 13.9. The maximum Gasteiger partial charge on any atom is 0.139 e. The molecule has 1 N–H and O–H groups in total. The van der Waals surface area contributed by atoms with Gasteiger partial charge in [-0.15, -0.1) is 0 Å². The van der Waals surface area contributed by atoms with Crippen molar-refractivity contribution in [3.8, 4) is 17.6 Å². The van der Waals surface area contributed by atoms with Crippen molar-refractivity contribution in [2.45, 2.75) is 45.1 Å². The Morgan fingerprint density at radius 3 is 2.79 bits per heavy atom. The predicted molar refractivity (Wildman–Crippen MR) is 74.9 cm³/mol. The molecule has 0 radical (unpaired) electrons. The topological polar surface area (TPSA) is 42.4 Å². The Kier molecular flexibility index (Phi) is 5.23. The average molecular weight is 259 g/mol. The largest absolute Gasteiger partial charge is 0.489 e. The molecular weight excluding hydrogens is 238 g/mol. The molecule has 0 saturated heterocycles. The Balaban J connectivity index is 1.92. The van der Waals surface area contributed by atoms with Gasteiger partial charge < -0.3 is 9.84 Å². The van der Waals surface area contributed by atoms with E-state index in [1.807, 2.05) is 6.07 Å². The molecule has 0 aliphatic heterocycles. The molecule has 1 saturated carbocycles. The molecule has 1 aromatic heterocycles. The van der Waals surface area contributed by atoms with Gasteiger partial charge in [0.25, 0.3) is 0 Å². The van der Waals surface area contributed by atoms with Gasteiger partial charge in [-0.05, 0) is 37.7 Å². The summed E-state index contributed by atoms with van der Waals surface area (Å²) in [7, 11) is 0. The van der Waals surface area contributed by atoms with Crippen molar-refractivity contribution in [2.75, 3.05) is 6.61 Å². The minimum atomic E-state index is -0.133. The van der Waals surface area contributed by atoms with Crippen molar-refractivity contribution in [1.29, 1.82) is 0 Å². The van der Waals surface area contributed by atoms with Gasteiger partial charge in [0.05, 0.1) is 12.3 Å². The minimum Gasteiger partial charge on any atom is -0.489 e. The van der Waals surface area contributed by atoms with Crippen molar-refractivity contribution in [1.82, 2.24) is 4.98 Å². The Labute approximate surface area is 115 Å². The van der Waals surface area contributed by atoms with Crippen LogP contribution in [0.3, 0.4) is 0 Å². The summed E-state index contributed by atoms with van der Waals surface area (Å²) in [6.45, 7) is 2.13. The number of aliphatic hydroxyl groups excluding tert-OH is 1. The summed E-state index contributed by atoms with van der Waals surface area (Å²) >= 11 is 0. The van der Waals surface area contributed by atoms with Gasteiger partial charge in [-0.2, -0.15) is 0 Å². The van der Waals surface area contributed by atoms with E-state index in [0.717, 1.165) is 30.1 Å². The van der Waals surface area contributed by atoms with E-state index in [4.69, 9.17) is 9.84 Å². The highest BCUT2D eigenvalue weighted by atomic mass is 16.5. The Bertz CT molecular complexity index is 453. The second-order valence-electron chi connectivity index (χ2n) is 5.04. The van der Waals surface area contributed by atoms with E-state index in [0.29, 0.717) is 6.10 Å². The number of aromatic nitrogens is 1. The molecule has 1 heterocycles. The first-order valence-electron chi connectivity index (χ1n) is 7.03. The Morgan fingerprint density at radius 1 is 1.32 bits per heavy atom. The zero-order valence-electron chi connectivity index (χ0n) is 11.4. The van der Waals surface area contributed by atoms with Gasteiger partial charge in [0.2, 0.25) is 0 Å². The Morgan fingerprint density at radius 2 is 2.11 bits per heavy atom. The molecule has 1 aliphatic rings. The van der Waals surface area contributed by atoms with E-state index in [9.17, 15) is 0 Å². The fourth-order valence-electron chi connectivity index (χ4n) is 2.54. The summed E-state index contributed by atoms with van der Waals surface area (Å²) in [6.07, 6.45) is 9.79. The average Bonchev–Trinajstić information content (AvgIpc) is 2.46. The summed E-state index contributed by atoms with van der Waals surface area (Å²) in [4.78, 5) is 4.13. The number of aliphatic hydroxyl groups is 1. The number of pyridine rings is 1. The van der Waals surface area contributed by atoms with Gasteiger partial charge in [-0.3, -0.25) is 4.98 Å². The number of rotatable bonds is 3. The highest BCUT2D eigenvalue weighted by Gasteiger charge is 2.21. The van der Waals surface area contributed by atoms with Crippen LogP contribution in [0.25, 0.3) is 0 Å². The summed E-state index contributed by atoms with van der Waals surface area (Å²) in [6, 6.07) is 1.89. The molecular formula is C16H21NO2. The van der Waals surface area contributed by atoms with Crippen molar-refractivity contribution in [2.24, 2.45) is 5.92 Å². The number of nitrogens with zero attached hydrogens (tertiary/aromatic N) is 1. The van der Waals surface area contributed by atoms with Crippen molar-refractivity contribution in [3.05, 3.63) is 24.0 Å². The maximum atomic E-state index is 8.68. The third kappa shape index (κ3) is 4.25.